The van der Waals surface area contributed by atoms with Crippen molar-refractivity contribution in [1.82, 2.24) is 5.32 Å². The monoisotopic (exact) mass is 321 g/mol. The van der Waals surface area contributed by atoms with Crippen molar-refractivity contribution < 1.29 is 9.59 Å². The minimum atomic E-state index is -0.451. The van der Waals surface area contributed by atoms with Crippen LogP contribution in [0.4, 0.5) is 5.69 Å². The Balaban J connectivity index is 2.05. The van der Waals surface area contributed by atoms with E-state index in [0.29, 0.717) is 13.1 Å². The minimum absolute atomic E-state index is 0.0115. The molecule has 0 aliphatic carbocycles. The van der Waals surface area contributed by atoms with Gasteiger partial charge >= 0.3 is 0 Å². The molecule has 5 nitrogen and oxygen atoms in total. The van der Waals surface area contributed by atoms with Crippen LogP contribution in [0.2, 0.25) is 0 Å². The van der Waals surface area contributed by atoms with Crippen LogP contribution in [0, 0.1) is 5.92 Å². The Morgan fingerprint density at radius 1 is 1.41 bits per heavy atom. The highest BCUT2D eigenvalue weighted by Crippen LogP contribution is 2.27. The van der Waals surface area contributed by atoms with Gasteiger partial charge in [0.15, 0.2) is 0 Å². The molecule has 1 unspecified atom stereocenters. The number of nitrogens with zero attached hydrogens (tertiary/aromatic N) is 1. The maximum absolute atomic E-state index is 12.3. The SMILES string of the molecule is CSc1ccc(N2CC(C(=O)NC(C)(C)CN)CC2=O)cc1. The first-order chi connectivity index (χ1) is 10.4. The molecule has 2 rings (SSSR count). The summed E-state index contributed by atoms with van der Waals surface area (Å²) in [5.41, 5.74) is 6.03. The van der Waals surface area contributed by atoms with Crippen molar-refractivity contribution >= 4 is 29.3 Å². The molecular formula is C16H23N3O2S. The van der Waals surface area contributed by atoms with Crippen LogP contribution in [0.15, 0.2) is 29.2 Å². The second-order valence-electron chi connectivity index (χ2n) is 6.18. The van der Waals surface area contributed by atoms with Crippen LogP contribution >= 0.6 is 11.8 Å². The lowest BCUT2D eigenvalue weighted by Crippen LogP contribution is -2.51. The van der Waals surface area contributed by atoms with E-state index in [0.717, 1.165) is 10.6 Å². The van der Waals surface area contributed by atoms with E-state index in [1.807, 2.05) is 44.4 Å². The molecule has 6 heteroatoms. The topological polar surface area (TPSA) is 75.4 Å². The van der Waals surface area contributed by atoms with Gasteiger partial charge in [0, 0.05) is 35.6 Å². The summed E-state index contributed by atoms with van der Waals surface area (Å²) in [5, 5.41) is 2.91. The first-order valence-electron chi connectivity index (χ1n) is 7.33. The maximum atomic E-state index is 12.3. The fourth-order valence-electron chi connectivity index (χ4n) is 2.38. The van der Waals surface area contributed by atoms with Crippen LogP contribution in [-0.4, -0.2) is 36.7 Å². The van der Waals surface area contributed by atoms with E-state index in [-0.39, 0.29) is 24.2 Å². The second kappa shape index (κ2) is 6.71. The zero-order valence-electron chi connectivity index (χ0n) is 13.3. The molecule has 1 aliphatic rings. The molecule has 1 aromatic carbocycles. The molecule has 0 spiro atoms. The number of nitrogens with two attached hydrogens (primary N) is 1. The number of carbonyl (C=O) groups is 2. The number of hydrogen-bond acceptors (Lipinski definition) is 4. The second-order valence-corrected chi connectivity index (χ2v) is 7.06. The molecule has 0 aromatic heterocycles. The molecule has 1 fully saturated rings. The summed E-state index contributed by atoms with van der Waals surface area (Å²) in [6.45, 7) is 4.53. The number of benzene rings is 1. The van der Waals surface area contributed by atoms with E-state index in [4.69, 9.17) is 5.73 Å². The lowest BCUT2D eigenvalue weighted by atomic mass is 10.0. The molecule has 0 radical (unpaired) electrons. The summed E-state index contributed by atoms with van der Waals surface area (Å²) in [5.74, 6) is -0.437. The molecule has 1 heterocycles. The van der Waals surface area contributed by atoms with E-state index in [1.165, 1.54) is 0 Å². The predicted octanol–water partition coefficient (Wildman–Crippen LogP) is 1.61. The van der Waals surface area contributed by atoms with Gasteiger partial charge in [0.2, 0.25) is 11.8 Å². The summed E-state index contributed by atoms with van der Waals surface area (Å²) >= 11 is 1.66. The molecule has 1 aromatic rings. The number of nitrogens with one attached hydrogen (secondary N) is 1. The van der Waals surface area contributed by atoms with Gasteiger partial charge in [-0.25, -0.2) is 0 Å². The van der Waals surface area contributed by atoms with Crippen molar-refractivity contribution in [1.29, 1.82) is 0 Å². The summed E-state index contributed by atoms with van der Waals surface area (Å²) in [6.07, 6.45) is 2.26. The normalized spacial score (nSPS) is 18.6. The van der Waals surface area contributed by atoms with E-state index < -0.39 is 5.54 Å². The van der Waals surface area contributed by atoms with Crippen molar-refractivity contribution in [3.05, 3.63) is 24.3 Å². The number of amides is 2. The molecule has 0 bridgehead atoms. The molecule has 0 saturated carbocycles. The molecule has 1 atom stereocenters. The molecule has 3 N–H and O–H groups in total. The Kier molecular flexibility index (Phi) is 5.13. The summed E-state index contributed by atoms with van der Waals surface area (Å²) in [4.78, 5) is 27.3. The van der Waals surface area contributed by atoms with Crippen LogP contribution in [0.3, 0.4) is 0 Å². The van der Waals surface area contributed by atoms with Crippen molar-refractivity contribution in [2.24, 2.45) is 11.7 Å². The van der Waals surface area contributed by atoms with Gasteiger partial charge in [-0.1, -0.05) is 0 Å². The Labute approximate surface area is 135 Å². The average molecular weight is 321 g/mol. The van der Waals surface area contributed by atoms with E-state index >= 15 is 0 Å². The molecule has 22 heavy (non-hydrogen) atoms. The first-order valence-corrected chi connectivity index (χ1v) is 8.55. The van der Waals surface area contributed by atoms with Crippen molar-refractivity contribution in [2.45, 2.75) is 30.7 Å². The third-order valence-corrected chi connectivity index (χ3v) is 4.60. The standard InChI is InChI=1S/C16H23N3O2S/c1-16(2,10-17)18-15(21)11-8-14(20)19(9-11)12-4-6-13(22-3)7-5-12/h4-7,11H,8-10,17H2,1-3H3,(H,18,21). The van der Waals surface area contributed by atoms with E-state index in [2.05, 4.69) is 5.32 Å². The zero-order valence-corrected chi connectivity index (χ0v) is 14.1. The van der Waals surface area contributed by atoms with Crippen LogP contribution in [-0.2, 0) is 9.59 Å². The minimum Gasteiger partial charge on any atom is -0.350 e. The number of hydrogen-bond donors (Lipinski definition) is 2. The number of thioether (sulfide) groups is 1. The van der Waals surface area contributed by atoms with E-state index in [1.54, 1.807) is 16.7 Å². The highest BCUT2D eigenvalue weighted by Gasteiger charge is 2.36. The fraction of sp³-hybridized carbons (Fsp3) is 0.500. The van der Waals surface area contributed by atoms with Gasteiger partial charge in [-0.2, -0.15) is 0 Å². The lowest BCUT2D eigenvalue weighted by Gasteiger charge is -2.26. The Morgan fingerprint density at radius 3 is 2.59 bits per heavy atom. The van der Waals surface area contributed by atoms with Gasteiger partial charge in [-0.05, 0) is 44.4 Å². The number of carbonyl (C=O) groups excluding carboxylic acids is 2. The van der Waals surface area contributed by atoms with Crippen molar-refractivity contribution in [2.75, 3.05) is 24.2 Å². The summed E-state index contributed by atoms with van der Waals surface area (Å²) in [7, 11) is 0. The third-order valence-electron chi connectivity index (χ3n) is 3.85. The smallest absolute Gasteiger partial charge is 0.227 e. The maximum Gasteiger partial charge on any atom is 0.227 e. The van der Waals surface area contributed by atoms with Gasteiger partial charge in [0.1, 0.15) is 0 Å². The van der Waals surface area contributed by atoms with Gasteiger partial charge in [-0.15, -0.1) is 11.8 Å². The largest absolute Gasteiger partial charge is 0.350 e. The highest BCUT2D eigenvalue weighted by molar-refractivity contribution is 7.98. The molecule has 2 amide bonds. The Bertz CT molecular complexity index is 557. The number of rotatable bonds is 5. The van der Waals surface area contributed by atoms with Crippen molar-refractivity contribution in [3.8, 4) is 0 Å². The lowest BCUT2D eigenvalue weighted by molar-refractivity contribution is -0.127. The molecule has 1 aliphatic heterocycles. The molecular weight excluding hydrogens is 298 g/mol. The zero-order chi connectivity index (χ0) is 16.3. The first kappa shape index (κ1) is 16.8. The van der Waals surface area contributed by atoms with Gasteiger partial charge in [-0.3, -0.25) is 9.59 Å². The van der Waals surface area contributed by atoms with Crippen LogP contribution in [0.5, 0.6) is 0 Å². The quantitative estimate of drug-likeness (QED) is 0.808. The van der Waals surface area contributed by atoms with Crippen LogP contribution in [0.25, 0.3) is 0 Å². The third kappa shape index (κ3) is 3.81. The fourth-order valence-corrected chi connectivity index (χ4v) is 2.79. The van der Waals surface area contributed by atoms with Gasteiger partial charge < -0.3 is 16.0 Å². The molecule has 1 saturated heterocycles. The summed E-state index contributed by atoms with van der Waals surface area (Å²) < 4.78 is 0. The van der Waals surface area contributed by atoms with Gasteiger partial charge in [0.25, 0.3) is 0 Å². The van der Waals surface area contributed by atoms with E-state index in [9.17, 15) is 9.59 Å². The van der Waals surface area contributed by atoms with Crippen molar-refractivity contribution in [3.63, 3.8) is 0 Å². The Hall–Kier alpha value is -1.53. The summed E-state index contributed by atoms with van der Waals surface area (Å²) in [6, 6.07) is 7.82. The predicted molar refractivity (Wildman–Crippen MR) is 90.0 cm³/mol. The average Bonchev–Trinajstić information content (AvgIpc) is 2.89. The van der Waals surface area contributed by atoms with Crippen LogP contribution < -0.4 is 16.0 Å². The highest BCUT2D eigenvalue weighted by atomic mass is 32.2. The van der Waals surface area contributed by atoms with Gasteiger partial charge in [0.05, 0.1) is 5.92 Å². The van der Waals surface area contributed by atoms with Crippen LogP contribution in [0.1, 0.15) is 20.3 Å². The Morgan fingerprint density at radius 2 is 2.05 bits per heavy atom. The number of anilines is 1. The molecule has 120 valence electrons.